The van der Waals surface area contributed by atoms with Gasteiger partial charge in [-0.05, 0) is 38.3 Å². The van der Waals surface area contributed by atoms with E-state index in [0.717, 1.165) is 13.0 Å². The minimum Gasteiger partial charge on any atom is -0.393 e. The van der Waals surface area contributed by atoms with Crippen LogP contribution < -0.4 is 5.32 Å². The van der Waals surface area contributed by atoms with Gasteiger partial charge in [0, 0.05) is 10.9 Å². The third-order valence-electron chi connectivity index (χ3n) is 1.98. The second kappa shape index (κ2) is 5.37. The van der Waals surface area contributed by atoms with E-state index in [1.165, 1.54) is 4.88 Å². The van der Waals surface area contributed by atoms with Gasteiger partial charge in [-0.2, -0.15) is 0 Å². The molecule has 0 saturated heterocycles. The van der Waals surface area contributed by atoms with Crippen molar-refractivity contribution in [3.8, 4) is 0 Å². The maximum absolute atomic E-state index is 9.06. The maximum Gasteiger partial charge on any atom is 0.0524 e. The summed E-state index contributed by atoms with van der Waals surface area (Å²) in [6.45, 7) is 4.84. The second-order valence-corrected chi connectivity index (χ2v) is 4.31. The Morgan fingerprint density at radius 2 is 2.31 bits per heavy atom. The standard InChI is InChI=1S/C10H17NOS/c1-8(12)5-6-11-9(2)10-4-3-7-13-10/h3-4,7-9,11-12H,5-6H2,1-2H3/t8-,9+/m1/s1. The molecule has 1 heterocycles. The van der Waals surface area contributed by atoms with Crippen LogP contribution in [-0.4, -0.2) is 17.8 Å². The fourth-order valence-electron chi connectivity index (χ4n) is 1.15. The first kappa shape index (κ1) is 10.7. The minimum atomic E-state index is -0.206. The van der Waals surface area contributed by atoms with Crippen LogP contribution in [0.3, 0.4) is 0 Å². The molecule has 2 nitrogen and oxygen atoms in total. The van der Waals surface area contributed by atoms with E-state index in [4.69, 9.17) is 5.11 Å². The predicted octanol–water partition coefficient (Wildman–Crippen LogP) is 2.17. The van der Waals surface area contributed by atoms with Crippen LogP contribution in [0.15, 0.2) is 17.5 Å². The van der Waals surface area contributed by atoms with Gasteiger partial charge in [0.2, 0.25) is 0 Å². The highest BCUT2D eigenvalue weighted by atomic mass is 32.1. The van der Waals surface area contributed by atoms with Gasteiger partial charge in [0.05, 0.1) is 6.10 Å². The first-order valence-electron chi connectivity index (χ1n) is 4.65. The molecule has 0 unspecified atom stereocenters. The molecule has 0 saturated carbocycles. The van der Waals surface area contributed by atoms with Crippen LogP contribution in [-0.2, 0) is 0 Å². The van der Waals surface area contributed by atoms with Gasteiger partial charge >= 0.3 is 0 Å². The van der Waals surface area contributed by atoms with Crippen LogP contribution in [0, 0.1) is 0 Å². The smallest absolute Gasteiger partial charge is 0.0524 e. The van der Waals surface area contributed by atoms with E-state index in [9.17, 15) is 0 Å². The number of aliphatic hydroxyl groups excluding tert-OH is 1. The van der Waals surface area contributed by atoms with Crippen LogP contribution in [0.25, 0.3) is 0 Å². The number of nitrogens with one attached hydrogen (secondary N) is 1. The van der Waals surface area contributed by atoms with E-state index in [0.29, 0.717) is 6.04 Å². The minimum absolute atomic E-state index is 0.206. The van der Waals surface area contributed by atoms with Gasteiger partial charge in [-0.25, -0.2) is 0 Å². The summed E-state index contributed by atoms with van der Waals surface area (Å²) < 4.78 is 0. The Hall–Kier alpha value is -0.380. The zero-order chi connectivity index (χ0) is 9.68. The molecule has 0 spiro atoms. The lowest BCUT2D eigenvalue weighted by Crippen LogP contribution is -2.21. The molecule has 0 fully saturated rings. The third-order valence-corrected chi connectivity index (χ3v) is 3.04. The van der Waals surface area contributed by atoms with Crippen molar-refractivity contribution in [1.82, 2.24) is 5.32 Å². The quantitative estimate of drug-likeness (QED) is 0.761. The molecule has 1 aromatic heterocycles. The van der Waals surface area contributed by atoms with Crippen molar-refractivity contribution in [3.63, 3.8) is 0 Å². The second-order valence-electron chi connectivity index (χ2n) is 3.33. The van der Waals surface area contributed by atoms with Gasteiger partial charge in [0.15, 0.2) is 0 Å². The topological polar surface area (TPSA) is 32.3 Å². The Morgan fingerprint density at radius 1 is 1.54 bits per heavy atom. The van der Waals surface area contributed by atoms with Gasteiger partial charge in [-0.15, -0.1) is 11.3 Å². The van der Waals surface area contributed by atoms with E-state index >= 15 is 0 Å². The molecule has 74 valence electrons. The molecule has 0 aliphatic rings. The SMILES string of the molecule is C[C@H](NCC[C@@H](C)O)c1cccs1. The number of aliphatic hydroxyl groups is 1. The highest BCUT2D eigenvalue weighted by Crippen LogP contribution is 2.17. The molecule has 1 aromatic rings. The van der Waals surface area contributed by atoms with Crippen molar-refractivity contribution in [2.75, 3.05) is 6.54 Å². The zero-order valence-corrected chi connectivity index (χ0v) is 8.97. The van der Waals surface area contributed by atoms with Crippen LogP contribution >= 0.6 is 11.3 Å². The maximum atomic E-state index is 9.06. The number of rotatable bonds is 5. The molecule has 0 aliphatic heterocycles. The normalized spacial score (nSPS) is 15.6. The van der Waals surface area contributed by atoms with Gasteiger partial charge in [-0.1, -0.05) is 6.07 Å². The van der Waals surface area contributed by atoms with Gasteiger partial charge in [0.1, 0.15) is 0 Å². The molecule has 0 radical (unpaired) electrons. The molecule has 1 rings (SSSR count). The van der Waals surface area contributed by atoms with E-state index < -0.39 is 0 Å². The van der Waals surface area contributed by atoms with E-state index in [-0.39, 0.29) is 6.10 Å². The molecular formula is C10H17NOS. The summed E-state index contributed by atoms with van der Waals surface area (Å²) in [7, 11) is 0. The summed E-state index contributed by atoms with van der Waals surface area (Å²) in [5.74, 6) is 0. The summed E-state index contributed by atoms with van der Waals surface area (Å²) in [5, 5.41) is 14.5. The Labute approximate surface area is 83.6 Å². The molecule has 2 N–H and O–H groups in total. The fraction of sp³-hybridized carbons (Fsp3) is 0.600. The zero-order valence-electron chi connectivity index (χ0n) is 8.16. The average molecular weight is 199 g/mol. The van der Waals surface area contributed by atoms with Crippen molar-refractivity contribution in [2.24, 2.45) is 0 Å². The Morgan fingerprint density at radius 3 is 2.85 bits per heavy atom. The molecular weight excluding hydrogens is 182 g/mol. The highest BCUT2D eigenvalue weighted by molar-refractivity contribution is 7.10. The summed E-state index contributed by atoms with van der Waals surface area (Å²) >= 11 is 1.76. The Bertz CT molecular complexity index is 221. The lowest BCUT2D eigenvalue weighted by molar-refractivity contribution is 0.182. The Kier molecular flexibility index (Phi) is 4.42. The first-order chi connectivity index (χ1) is 6.20. The van der Waals surface area contributed by atoms with E-state index in [2.05, 4.69) is 29.8 Å². The molecule has 0 aliphatic carbocycles. The number of thiophene rings is 1. The van der Waals surface area contributed by atoms with Crippen molar-refractivity contribution < 1.29 is 5.11 Å². The summed E-state index contributed by atoms with van der Waals surface area (Å²) in [6, 6.07) is 4.59. The van der Waals surface area contributed by atoms with E-state index in [1.807, 2.05) is 6.92 Å². The van der Waals surface area contributed by atoms with Crippen LogP contribution in [0.1, 0.15) is 31.2 Å². The van der Waals surface area contributed by atoms with Crippen LogP contribution in [0.5, 0.6) is 0 Å². The molecule has 0 bridgehead atoms. The predicted molar refractivity (Wildman–Crippen MR) is 57.0 cm³/mol. The van der Waals surface area contributed by atoms with Gasteiger partial charge < -0.3 is 10.4 Å². The lowest BCUT2D eigenvalue weighted by atomic mass is 10.2. The Balaban J connectivity index is 2.22. The average Bonchev–Trinajstić information content (AvgIpc) is 2.55. The van der Waals surface area contributed by atoms with Crippen molar-refractivity contribution in [2.45, 2.75) is 32.4 Å². The van der Waals surface area contributed by atoms with Crippen molar-refractivity contribution in [1.29, 1.82) is 0 Å². The summed E-state index contributed by atoms with van der Waals surface area (Å²) in [5.41, 5.74) is 0. The van der Waals surface area contributed by atoms with Crippen LogP contribution in [0.2, 0.25) is 0 Å². The molecule has 3 heteroatoms. The highest BCUT2D eigenvalue weighted by Gasteiger charge is 2.05. The lowest BCUT2D eigenvalue weighted by Gasteiger charge is -2.12. The largest absolute Gasteiger partial charge is 0.393 e. The molecule has 13 heavy (non-hydrogen) atoms. The molecule has 0 aromatic carbocycles. The number of hydrogen-bond donors (Lipinski definition) is 2. The van der Waals surface area contributed by atoms with Crippen molar-refractivity contribution in [3.05, 3.63) is 22.4 Å². The summed E-state index contributed by atoms with van der Waals surface area (Å²) in [6.07, 6.45) is 0.610. The molecule has 0 amide bonds. The van der Waals surface area contributed by atoms with Gasteiger partial charge in [-0.3, -0.25) is 0 Å². The first-order valence-corrected chi connectivity index (χ1v) is 5.53. The number of hydrogen-bond acceptors (Lipinski definition) is 3. The fourth-order valence-corrected chi connectivity index (χ4v) is 1.91. The van der Waals surface area contributed by atoms with Crippen LogP contribution in [0.4, 0.5) is 0 Å². The third kappa shape index (κ3) is 3.89. The molecule has 2 atom stereocenters. The van der Waals surface area contributed by atoms with Gasteiger partial charge in [0.25, 0.3) is 0 Å². The monoisotopic (exact) mass is 199 g/mol. The van der Waals surface area contributed by atoms with Crippen molar-refractivity contribution >= 4 is 11.3 Å². The van der Waals surface area contributed by atoms with E-state index in [1.54, 1.807) is 11.3 Å². The summed E-state index contributed by atoms with van der Waals surface area (Å²) in [4.78, 5) is 1.35.